The van der Waals surface area contributed by atoms with Crippen LogP contribution in [0.2, 0.25) is 0 Å². The van der Waals surface area contributed by atoms with Crippen molar-refractivity contribution >= 4 is 5.97 Å². The van der Waals surface area contributed by atoms with E-state index in [0.29, 0.717) is 0 Å². The van der Waals surface area contributed by atoms with Crippen molar-refractivity contribution in [3.8, 4) is 0 Å². The zero-order valence-corrected chi connectivity index (χ0v) is 10.3. The Bertz CT molecular complexity index is 169. The van der Waals surface area contributed by atoms with Crippen LogP contribution in [0.4, 0.5) is 0 Å². The first-order chi connectivity index (χ1) is 7.07. The number of carbonyl (C=O) groups is 1. The lowest BCUT2D eigenvalue weighted by molar-refractivity contribution is -0.139. The van der Waals surface area contributed by atoms with Crippen molar-refractivity contribution < 1.29 is 9.90 Å². The van der Waals surface area contributed by atoms with E-state index < -0.39 is 5.97 Å². The third-order valence-electron chi connectivity index (χ3n) is 2.43. The van der Waals surface area contributed by atoms with Crippen LogP contribution in [-0.4, -0.2) is 23.2 Å². The zero-order chi connectivity index (χ0) is 11.7. The van der Waals surface area contributed by atoms with E-state index in [1.807, 2.05) is 13.8 Å². The number of hydrogen-bond donors (Lipinski definition) is 2. The van der Waals surface area contributed by atoms with Crippen molar-refractivity contribution in [1.82, 2.24) is 5.32 Å². The summed E-state index contributed by atoms with van der Waals surface area (Å²) in [6.07, 6.45) is 6.62. The largest absolute Gasteiger partial charge is 0.480 e. The van der Waals surface area contributed by atoms with Gasteiger partial charge in [-0.25, -0.2) is 0 Å². The number of aliphatic carboxylic acids is 1. The van der Waals surface area contributed by atoms with Crippen molar-refractivity contribution in [2.45, 2.75) is 71.4 Å². The minimum Gasteiger partial charge on any atom is -0.480 e. The maximum atomic E-state index is 10.9. The van der Waals surface area contributed by atoms with Crippen molar-refractivity contribution in [2.24, 2.45) is 0 Å². The second kappa shape index (κ2) is 8.72. The van der Waals surface area contributed by atoms with Crippen molar-refractivity contribution in [2.75, 3.05) is 0 Å². The molecule has 0 bridgehead atoms. The van der Waals surface area contributed by atoms with Gasteiger partial charge in [0.2, 0.25) is 0 Å². The van der Waals surface area contributed by atoms with Crippen LogP contribution in [0.3, 0.4) is 0 Å². The Morgan fingerprint density at radius 3 is 2.27 bits per heavy atom. The molecule has 0 amide bonds. The highest BCUT2D eigenvalue weighted by Crippen LogP contribution is 2.08. The predicted octanol–water partition coefficient (Wildman–Crippen LogP) is 2.80. The Balaban J connectivity index is 3.62. The van der Waals surface area contributed by atoms with Gasteiger partial charge in [-0.05, 0) is 6.42 Å². The number of carboxylic acids is 1. The van der Waals surface area contributed by atoms with Crippen LogP contribution >= 0.6 is 0 Å². The maximum Gasteiger partial charge on any atom is 0.320 e. The molecule has 0 saturated carbocycles. The highest BCUT2D eigenvalue weighted by molar-refractivity contribution is 5.73. The molecule has 0 aliphatic heterocycles. The van der Waals surface area contributed by atoms with E-state index >= 15 is 0 Å². The van der Waals surface area contributed by atoms with Gasteiger partial charge in [-0.3, -0.25) is 4.79 Å². The topological polar surface area (TPSA) is 49.3 Å². The van der Waals surface area contributed by atoms with Crippen LogP contribution in [-0.2, 0) is 4.79 Å². The van der Waals surface area contributed by atoms with Gasteiger partial charge in [-0.15, -0.1) is 0 Å². The summed E-state index contributed by atoms with van der Waals surface area (Å²) in [6, 6.07) is -0.131. The average Bonchev–Trinajstić information content (AvgIpc) is 2.15. The van der Waals surface area contributed by atoms with Gasteiger partial charge < -0.3 is 10.4 Å². The molecule has 0 aliphatic carbocycles. The molecule has 0 saturated heterocycles. The Morgan fingerprint density at radius 1 is 1.20 bits per heavy atom. The summed E-state index contributed by atoms with van der Waals surface area (Å²) in [4.78, 5) is 10.9. The van der Waals surface area contributed by atoms with Gasteiger partial charge in [-0.1, -0.05) is 52.9 Å². The molecule has 3 heteroatoms. The predicted molar refractivity (Wildman–Crippen MR) is 63.1 cm³/mol. The quantitative estimate of drug-likeness (QED) is 0.581. The normalized spacial score (nSPS) is 13.1. The summed E-state index contributed by atoms with van der Waals surface area (Å²) in [7, 11) is 0. The fourth-order valence-corrected chi connectivity index (χ4v) is 1.63. The third kappa shape index (κ3) is 8.43. The Kier molecular flexibility index (Phi) is 8.38. The van der Waals surface area contributed by atoms with Gasteiger partial charge in [0.25, 0.3) is 0 Å². The molecule has 15 heavy (non-hydrogen) atoms. The van der Waals surface area contributed by atoms with Gasteiger partial charge in [0.05, 0.1) is 0 Å². The molecule has 0 spiro atoms. The molecule has 0 aromatic heterocycles. The van der Waals surface area contributed by atoms with E-state index in [1.165, 1.54) is 19.3 Å². The van der Waals surface area contributed by atoms with Crippen molar-refractivity contribution in [1.29, 1.82) is 0 Å². The zero-order valence-electron chi connectivity index (χ0n) is 10.3. The molecule has 0 heterocycles. The highest BCUT2D eigenvalue weighted by atomic mass is 16.4. The first kappa shape index (κ1) is 14.4. The van der Waals surface area contributed by atoms with E-state index in [0.717, 1.165) is 19.3 Å². The van der Waals surface area contributed by atoms with E-state index in [2.05, 4.69) is 12.2 Å². The minimum atomic E-state index is -0.723. The SMILES string of the molecule is CCCCCCCC(NC(C)C)C(=O)O. The molecule has 90 valence electrons. The standard InChI is InChI=1S/C12H25NO2/c1-4-5-6-7-8-9-11(12(14)15)13-10(2)3/h10-11,13H,4-9H2,1-3H3,(H,14,15). The summed E-state index contributed by atoms with van der Waals surface area (Å²) in [5.74, 6) is -0.723. The first-order valence-electron chi connectivity index (χ1n) is 6.06. The number of unbranched alkanes of at least 4 members (excludes halogenated alkanes) is 4. The Labute approximate surface area is 93.3 Å². The monoisotopic (exact) mass is 215 g/mol. The Hall–Kier alpha value is -0.570. The molecule has 1 atom stereocenters. The lowest BCUT2D eigenvalue weighted by Crippen LogP contribution is -2.40. The lowest BCUT2D eigenvalue weighted by atomic mass is 10.1. The molecule has 0 rings (SSSR count). The van der Waals surface area contributed by atoms with Gasteiger partial charge in [0, 0.05) is 6.04 Å². The van der Waals surface area contributed by atoms with Gasteiger partial charge in [-0.2, -0.15) is 0 Å². The van der Waals surface area contributed by atoms with Crippen molar-refractivity contribution in [3.05, 3.63) is 0 Å². The van der Waals surface area contributed by atoms with Crippen LogP contribution in [0.1, 0.15) is 59.3 Å². The molecule has 0 fully saturated rings. The number of carboxylic acid groups (broad SMARTS) is 1. The third-order valence-corrected chi connectivity index (χ3v) is 2.43. The molecule has 2 N–H and O–H groups in total. The molecule has 0 aliphatic rings. The van der Waals surface area contributed by atoms with E-state index in [4.69, 9.17) is 5.11 Å². The summed E-state index contributed by atoms with van der Waals surface area (Å²) in [6.45, 7) is 6.14. The average molecular weight is 215 g/mol. The first-order valence-corrected chi connectivity index (χ1v) is 6.06. The number of nitrogens with one attached hydrogen (secondary N) is 1. The summed E-state index contributed by atoms with van der Waals surface area (Å²) < 4.78 is 0. The van der Waals surface area contributed by atoms with E-state index in [1.54, 1.807) is 0 Å². The molecule has 0 aromatic carbocycles. The van der Waals surface area contributed by atoms with Crippen LogP contribution < -0.4 is 5.32 Å². The molecule has 0 radical (unpaired) electrons. The summed E-state index contributed by atoms with van der Waals surface area (Å²) in [5.41, 5.74) is 0. The van der Waals surface area contributed by atoms with E-state index in [9.17, 15) is 4.79 Å². The fraction of sp³-hybridized carbons (Fsp3) is 0.917. The minimum absolute atomic E-state index is 0.238. The second-order valence-corrected chi connectivity index (χ2v) is 4.42. The highest BCUT2D eigenvalue weighted by Gasteiger charge is 2.16. The van der Waals surface area contributed by atoms with E-state index in [-0.39, 0.29) is 12.1 Å². The molecular weight excluding hydrogens is 190 g/mol. The summed E-state index contributed by atoms with van der Waals surface area (Å²) in [5, 5.41) is 12.0. The molecule has 3 nitrogen and oxygen atoms in total. The second-order valence-electron chi connectivity index (χ2n) is 4.42. The summed E-state index contributed by atoms with van der Waals surface area (Å²) >= 11 is 0. The number of hydrogen-bond acceptors (Lipinski definition) is 2. The smallest absolute Gasteiger partial charge is 0.320 e. The van der Waals surface area contributed by atoms with Crippen molar-refractivity contribution in [3.63, 3.8) is 0 Å². The van der Waals surface area contributed by atoms with Gasteiger partial charge >= 0.3 is 5.97 Å². The molecule has 0 aromatic rings. The molecule has 1 unspecified atom stereocenters. The van der Waals surface area contributed by atoms with Gasteiger partial charge in [0.15, 0.2) is 0 Å². The van der Waals surface area contributed by atoms with Gasteiger partial charge in [0.1, 0.15) is 6.04 Å². The van der Waals surface area contributed by atoms with Crippen LogP contribution in [0.5, 0.6) is 0 Å². The number of rotatable bonds is 9. The van der Waals surface area contributed by atoms with Crippen LogP contribution in [0.15, 0.2) is 0 Å². The van der Waals surface area contributed by atoms with Crippen LogP contribution in [0.25, 0.3) is 0 Å². The fourth-order valence-electron chi connectivity index (χ4n) is 1.63. The Morgan fingerprint density at radius 2 is 1.80 bits per heavy atom. The lowest BCUT2D eigenvalue weighted by Gasteiger charge is -2.16. The maximum absolute atomic E-state index is 10.9. The molecular formula is C12H25NO2. The van der Waals surface area contributed by atoms with Crippen LogP contribution in [0, 0.1) is 0 Å².